The van der Waals surface area contributed by atoms with E-state index in [0.717, 1.165) is 22.0 Å². The molecule has 0 aliphatic heterocycles. The largest absolute Gasteiger partial charge is 0.493 e. The highest BCUT2D eigenvalue weighted by molar-refractivity contribution is 6.30. The lowest BCUT2D eigenvalue weighted by atomic mass is 10.2. The molecule has 3 aromatic rings. The van der Waals surface area contributed by atoms with E-state index < -0.39 is 0 Å². The molecule has 2 aromatic carbocycles. The first-order valence-corrected chi connectivity index (χ1v) is 8.99. The zero-order valence-corrected chi connectivity index (χ0v) is 15.4. The molecule has 1 heterocycles. The van der Waals surface area contributed by atoms with Crippen LogP contribution in [0.5, 0.6) is 5.75 Å². The van der Waals surface area contributed by atoms with Crippen molar-refractivity contribution in [2.45, 2.75) is 13.0 Å². The molecule has 6 heteroatoms. The second-order valence-electron chi connectivity index (χ2n) is 5.87. The summed E-state index contributed by atoms with van der Waals surface area (Å²) in [6, 6.07) is 20.7. The number of anilines is 2. The van der Waals surface area contributed by atoms with Crippen molar-refractivity contribution in [3.05, 3.63) is 83.5 Å². The average Bonchev–Trinajstić information content (AvgIpc) is 2.69. The van der Waals surface area contributed by atoms with Crippen molar-refractivity contribution in [1.82, 2.24) is 4.98 Å². The van der Waals surface area contributed by atoms with Crippen LogP contribution in [0.25, 0.3) is 0 Å². The Bertz CT molecular complexity index is 853. The highest BCUT2D eigenvalue weighted by atomic mass is 35.5. The van der Waals surface area contributed by atoms with Crippen LogP contribution in [0.4, 0.5) is 11.5 Å². The minimum atomic E-state index is -0.139. The second-order valence-corrected chi connectivity index (χ2v) is 6.31. The smallest absolute Gasteiger partial charge is 0.228 e. The number of hydrogen-bond acceptors (Lipinski definition) is 4. The lowest BCUT2D eigenvalue weighted by Gasteiger charge is -2.09. The molecule has 2 N–H and O–H groups in total. The molecule has 0 aliphatic rings. The molecule has 0 aliphatic carbocycles. The summed E-state index contributed by atoms with van der Waals surface area (Å²) in [6.45, 7) is 0.984. The zero-order chi connectivity index (χ0) is 18.9. The van der Waals surface area contributed by atoms with E-state index in [1.54, 1.807) is 12.3 Å². The van der Waals surface area contributed by atoms with Gasteiger partial charge in [0, 0.05) is 11.6 Å². The van der Waals surface area contributed by atoms with E-state index in [-0.39, 0.29) is 12.3 Å². The van der Waals surface area contributed by atoms with Crippen molar-refractivity contribution in [1.29, 1.82) is 0 Å². The SMILES string of the molecule is O=C(CCOc1ccccc1)Nc1ccc(NCc2ccc(Cl)cc2)cn1. The molecule has 27 heavy (non-hydrogen) atoms. The van der Waals surface area contributed by atoms with E-state index in [9.17, 15) is 4.79 Å². The van der Waals surface area contributed by atoms with Gasteiger partial charge in [0.1, 0.15) is 11.6 Å². The van der Waals surface area contributed by atoms with Gasteiger partial charge in [-0.3, -0.25) is 4.79 Å². The molecule has 0 radical (unpaired) electrons. The van der Waals surface area contributed by atoms with Crippen molar-refractivity contribution in [3.8, 4) is 5.75 Å². The van der Waals surface area contributed by atoms with Crippen LogP contribution in [-0.4, -0.2) is 17.5 Å². The van der Waals surface area contributed by atoms with Gasteiger partial charge < -0.3 is 15.4 Å². The summed E-state index contributed by atoms with van der Waals surface area (Å²) in [6.07, 6.45) is 1.94. The maximum atomic E-state index is 12.0. The third-order valence-corrected chi connectivity index (χ3v) is 4.03. The average molecular weight is 382 g/mol. The molecule has 1 amide bonds. The van der Waals surface area contributed by atoms with Gasteiger partial charge >= 0.3 is 0 Å². The minimum Gasteiger partial charge on any atom is -0.493 e. The van der Waals surface area contributed by atoms with Crippen LogP contribution in [0.2, 0.25) is 5.02 Å². The van der Waals surface area contributed by atoms with Gasteiger partial charge in [0.15, 0.2) is 0 Å². The standard InChI is InChI=1S/C21H20ClN3O2/c22-17-8-6-16(7-9-17)14-23-18-10-11-20(24-15-18)25-21(26)12-13-27-19-4-2-1-3-5-19/h1-11,15,23H,12-14H2,(H,24,25,26). The Labute approximate surface area is 163 Å². The highest BCUT2D eigenvalue weighted by Crippen LogP contribution is 2.14. The number of nitrogens with zero attached hydrogens (tertiary/aromatic N) is 1. The Kier molecular flexibility index (Phi) is 6.66. The number of ether oxygens (including phenoxy) is 1. The number of rotatable bonds is 8. The Balaban J connectivity index is 1.41. The molecule has 0 saturated carbocycles. The molecule has 0 unspecified atom stereocenters. The minimum absolute atomic E-state index is 0.139. The number of aromatic nitrogens is 1. The summed E-state index contributed by atoms with van der Waals surface area (Å²) in [5.41, 5.74) is 1.99. The van der Waals surface area contributed by atoms with Crippen molar-refractivity contribution >= 4 is 29.0 Å². The van der Waals surface area contributed by atoms with Crippen LogP contribution in [0.1, 0.15) is 12.0 Å². The topological polar surface area (TPSA) is 63.2 Å². The number of hydrogen-bond donors (Lipinski definition) is 2. The van der Waals surface area contributed by atoms with Crippen molar-refractivity contribution in [2.75, 3.05) is 17.2 Å². The molecule has 0 spiro atoms. The predicted octanol–water partition coefficient (Wildman–Crippen LogP) is 4.75. The van der Waals surface area contributed by atoms with E-state index in [0.29, 0.717) is 19.0 Å². The van der Waals surface area contributed by atoms with E-state index in [2.05, 4.69) is 15.6 Å². The van der Waals surface area contributed by atoms with Crippen LogP contribution in [0.3, 0.4) is 0 Å². The Hall–Kier alpha value is -3.05. The predicted molar refractivity (Wildman–Crippen MR) is 108 cm³/mol. The van der Waals surface area contributed by atoms with Crippen LogP contribution in [-0.2, 0) is 11.3 Å². The summed E-state index contributed by atoms with van der Waals surface area (Å²) in [7, 11) is 0. The fraction of sp³-hybridized carbons (Fsp3) is 0.143. The Morgan fingerprint density at radius 3 is 2.48 bits per heavy atom. The highest BCUT2D eigenvalue weighted by Gasteiger charge is 2.04. The van der Waals surface area contributed by atoms with Crippen molar-refractivity contribution in [3.63, 3.8) is 0 Å². The summed E-state index contributed by atoms with van der Waals surface area (Å²) < 4.78 is 5.52. The van der Waals surface area contributed by atoms with Crippen LogP contribution in [0, 0.1) is 0 Å². The number of pyridine rings is 1. The maximum Gasteiger partial charge on any atom is 0.228 e. The van der Waals surface area contributed by atoms with Gasteiger partial charge in [-0.25, -0.2) is 4.98 Å². The third-order valence-electron chi connectivity index (χ3n) is 3.78. The fourth-order valence-corrected chi connectivity index (χ4v) is 2.49. The summed E-state index contributed by atoms with van der Waals surface area (Å²) >= 11 is 5.88. The molecular weight excluding hydrogens is 362 g/mol. The number of benzene rings is 2. The number of nitrogens with one attached hydrogen (secondary N) is 2. The fourth-order valence-electron chi connectivity index (χ4n) is 2.36. The van der Waals surface area contributed by atoms with Gasteiger partial charge in [-0.1, -0.05) is 41.9 Å². The lowest BCUT2D eigenvalue weighted by Crippen LogP contribution is -2.16. The molecule has 5 nitrogen and oxygen atoms in total. The molecule has 138 valence electrons. The summed E-state index contributed by atoms with van der Waals surface area (Å²) in [4.78, 5) is 16.2. The molecule has 0 fully saturated rings. The zero-order valence-electron chi connectivity index (χ0n) is 14.7. The van der Waals surface area contributed by atoms with Gasteiger partial charge in [0.05, 0.1) is 24.9 Å². The van der Waals surface area contributed by atoms with E-state index in [1.165, 1.54) is 0 Å². The second kappa shape index (κ2) is 9.59. The monoisotopic (exact) mass is 381 g/mol. The lowest BCUT2D eigenvalue weighted by molar-refractivity contribution is -0.116. The maximum absolute atomic E-state index is 12.0. The number of carbonyl (C=O) groups excluding carboxylic acids is 1. The number of para-hydroxylation sites is 1. The normalized spacial score (nSPS) is 10.3. The van der Waals surface area contributed by atoms with Gasteiger partial charge in [0.25, 0.3) is 0 Å². The molecular formula is C21H20ClN3O2. The van der Waals surface area contributed by atoms with Crippen LogP contribution < -0.4 is 15.4 Å². The van der Waals surface area contributed by atoms with E-state index in [4.69, 9.17) is 16.3 Å². The van der Waals surface area contributed by atoms with Gasteiger partial charge in [-0.15, -0.1) is 0 Å². The summed E-state index contributed by atoms with van der Waals surface area (Å²) in [5, 5.41) is 6.76. The third kappa shape index (κ3) is 6.31. The van der Waals surface area contributed by atoms with Gasteiger partial charge in [-0.05, 0) is 42.0 Å². The molecule has 0 bridgehead atoms. The molecule has 0 saturated heterocycles. The van der Waals surface area contributed by atoms with Crippen LogP contribution >= 0.6 is 11.6 Å². The molecule has 1 aromatic heterocycles. The Morgan fingerprint density at radius 2 is 1.78 bits per heavy atom. The first-order chi connectivity index (χ1) is 13.2. The number of halogens is 1. The van der Waals surface area contributed by atoms with E-state index in [1.807, 2.05) is 60.7 Å². The first-order valence-electron chi connectivity index (χ1n) is 8.61. The molecule has 0 atom stereocenters. The number of carbonyl (C=O) groups is 1. The van der Waals surface area contributed by atoms with Crippen molar-refractivity contribution in [2.24, 2.45) is 0 Å². The van der Waals surface area contributed by atoms with Gasteiger partial charge in [-0.2, -0.15) is 0 Å². The van der Waals surface area contributed by atoms with Gasteiger partial charge in [0.2, 0.25) is 5.91 Å². The van der Waals surface area contributed by atoms with Crippen LogP contribution in [0.15, 0.2) is 72.9 Å². The quantitative estimate of drug-likeness (QED) is 0.590. The first kappa shape index (κ1) is 18.7. The Morgan fingerprint density at radius 1 is 1.00 bits per heavy atom. The van der Waals surface area contributed by atoms with E-state index >= 15 is 0 Å². The number of amides is 1. The van der Waals surface area contributed by atoms with Crippen molar-refractivity contribution < 1.29 is 9.53 Å². The molecule has 3 rings (SSSR count). The summed E-state index contributed by atoms with van der Waals surface area (Å²) in [5.74, 6) is 1.12.